The maximum absolute atomic E-state index is 2.36. The monoisotopic (exact) mass is 304 g/mol. The van der Waals surface area contributed by atoms with Gasteiger partial charge in [0.05, 0.1) is 0 Å². The molecular formula is C24H16. The Balaban J connectivity index is 1.80. The van der Waals surface area contributed by atoms with Gasteiger partial charge in [-0.1, -0.05) is 72.8 Å². The van der Waals surface area contributed by atoms with Gasteiger partial charge in [0.25, 0.3) is 0 Å². The fourth-order valence-corrected chi connectivity index (χ4v) is 4.67. The molecule has 0 heteroatoms. The van der Waals surface area contributed by atoms with Crippen molar-refractivity contribution in [2.45, 2.75) is 12.8 Å². The van der Waals surface area contributed by atoms with Gasteiger partial charge in [0, 0.05) is 0 Å². The first kappa shape index (κ1) is 12.5. The molecule has 0 fully saturated rings. The maximum Gasteiger partial charge on any atom is -0.00132 e. The van der Waals surface area contributed by atoms with Crippen molar-refractivity contribution in [2.75, 3.05) is 0 Å². The van der Waals surface area contributed by atoms with Crippen molar-refractivity contribution < 1.29 is 0 Å². The Morgan fingerprint density at radius 1 is 0.375 bits per heavy atom. The van der Waals surface area contributed by atoms with Crippen molar-refractivity contribution in [2.24, 2.45) is 0 Å². The lowest BCUT2D eigenvalue weighted by Gasteiger charge is -2.27. The topological polar surface area (TPSA) is 0 Å². The van der Waals surface area contributed by atoms with Gasteiger partial charge in [-0.15, -0.1) is 0 Å². The third-order valence-corrected chi connectivity index (χ3v) is 5.71. The predicted octanol–water partition coefficient (Wildman–Crippen LogP) is 5.98. The summed E-state index contributed by atoms with van der Waals surface area (Å²) in [6.07, 6.45) is 2.09. The van der Waals surface area contributed by atoms with E-state index in [0.29, 0.717) is 0 Å². The molecule has 0 saturated carbocycles. The van der Waals surface area contributed by atoms with Crippen LogP contribution in [0.25, 0.3) is 33.0 Å². The van der Waals surface area contributed by atoms with Crippen molar-refractivity contribution in [1.29, 1.82) is 0 Å². The van der Waals surface area contributed by atoms with Crippen LogP contribution in [0.3, 0.4) is 0 Å². The van der Waals surface area contributed by atoms with Crippen LogP contribution < -0.4 is 0 Å². The summed E-state index contributed by atoms with van der Waals surface area (Å²) in [5, 5.41) is 2.97. The first-order valence-corrected chi connectivity index (χ1v) is 8.64. The predicted molar refractivity (Wildman–Crippen MR) is 100 cm³/mol. The second kappa shape index (κ2) is 4.36. The molecule has 2 aliphatic carbocycles. The van der Waals surface area contributed by atoms with E-state index in [1.54, 1.807) is 0 Å². The minimum absolute atomic E-state index is 1.05. The fourth-order valence-electron chi connectivity index (χ4n) is 4.67. The van der Waals surface area contributed by atoms with Crippen molar-refractivity contribution in [3.63, 3.8) is 0 Å². The van der Waals surface area contributed by atoms with Crippen LogP contribution in [0.15, 0.2) is 72.8 Å². The van der Waals surface area contributed by atoms with Crippen molar-refractivity contribution in [3.05, 3.63) is 95.1 Å². The average Bonchev–Trinajstić information content (AvgIpc) is 2.65. The van der Waals surface area contributed by atoms with Gasteiger partial charge in [0.1, 0.15) is 0 Å². The SMILES string of the molecule is c1ccc2c(c1)Cc1ccc3c4c(ccc-2c14)-c1ccccc1C3. The zero-order valence-electron chi connectivity index (χ0n) is 13.3. The van der Waals surface area contributed by atoms with Crippen LogP contribution in [0.2, 0.25) is 0 Å². The van der Waals surface area contributed by atoms with E-state index in [-0.39, 0.29) is 0 Å². The molecule has 0 unspecified atom stereocenters. The second-order valence-electron chi connectivity index (χ2n) is 6.96. The first-order valence-electron chi connectivity index (χ1n) is 8.64. The molecular weight excluding hydrogens is 288 g/mol. The highest BCUT2D eigenvalue weighted by molar-refractivity contribution is 6.11. The minimum atomic E-state index is 1.05. The molecule has 4 aromatic carbocycles. The summed E-state index contributed by atoms with van der Waals surface area (Å²) in [6, 6.07) is 27.1. The van der Waals surface area contributed by atoms with E-state index >= 15 is 0 Å². The molecule has 0 nitrogen and oxygen atoms in total. The zero-order valence-corrected chi connectivity index (χ0v) is 13.3. The van der Waals surface area contributed by atoms with Crippen LogP contribution in [0.4, 0.5) is 0 Å². The summed E-state index contributed by atoms with van der Waals surface area (Å²) in [7, 11) is 0. The zero-order chi connectivity index (χ0) is 15.7. The Morgan fingerprint density at radius 2 is 0.833 bits per heavy atom. The molecule has 0 bridgehead atoms. The summed E-state index contributed by atoms with van der Waals surface area (Å²) < 4.78 is 0. The lowest BCUT2D eigenvalue weighted by Crippen LogP contribution is -2.07. The van der Waals surface area contributed by atoms with Crippen molar-refractivity contribution in [3.8, 4) is 22.3 Å². The molecule has 4 aromatic rings. The Bertz CT molecular complexity index is 1060. The molecule has 0 aromatic heterocycles. The highest BCUT2D eigenvalue weighted by Crippen LogP contribution is 2.47. The second-order valence-corrected chi connectivity index (χ2v) is 6.96. The van der Waals surface area contributed by atoms with E-state index < -0.39 is 0 Å². The molecule has 0 amide bonds. The lowest BCUT2D eigenvalue weighted by molar-refractivity contribution is 1.16. The maximum atomic E-state index is 2.36. The standard InChI is InChI=1S/C24H16/c1-3-7-19-15(5-1)13-17-9-10-18-14-16-6-2-4-8-20(16)22-12-11-21(19)23(17)24(18)22/h1-12H,13-14H2. The van der Waals surface area contributed by atoms with Crippen LogP contribution in [0.1, 0.15) is 22.3 Å². The van der Waals surface area contributed by atoms with Crippen LogP contribution >= 0.6 is 0 Å². The van der Waals surface area contributed by atoms with E-state index in [1.165, 1.54) is 55.3 Å². The Labute approximate surface area is 141 Å². The Morgan fingerprint density at radius 3 is 1.33 bits per heavy atom. The molecule has 0 aliphatic heterocycles. The Kier molecular flexibility index (Phi) is 2.28. The number of fused-ring (bicyclic) bond motifs is 4. The third kappa shape index (κ3) is 1.48. The van der Waals surface area contributed by atoms with Gasteiger partial charge in [-0.2, -0.15) is 0 Å². The summed E-state index contributed by atoms with van der Waals surface area (Å²) in [4.78, 5) is 0. The Hall–Kier alpha value is -2.86. The summed E-state index contributed by atoms with van der Waals surface area (Å²) in [5.41, 5.74) is 11.5. The van der Waals surface area contributed by atoms with Crippen LogP contribution in [0.5, 0.6) is 0 Å². The molecule has 2 aliphatic rings. The first-order chi connectivity index (χ1) is 11.9. The normalized spacial score (nSPS) is 13.5. The summed E-state index contributed by atoms with van der Waals surface area (Å²) in [6.45, 7) is 0. The van der Waals surface area contributed by atoms with E-state index in [0.717, 1.165) is 12.8 Å². The molecule has 112 valence electrons. The van der Waals surface area contributed by atoms with E-state index in [4.69, 9.17) is 0 Å². The summed E-state index contributed by atoms with van der Waals surface area (Å²) in [5.74, 6) is 0. The smallest absolute Gasteiger partial charge is 0.00132 e. The number of hydrogen-bond donors (Lipinski definition) is 0. The average molecular weight is 304 g/mol. The minimum Gasteiger partial charge on any atom is -0.0619 e. The highest BCUT2D eigenvalue weighted by Gasteiger charge is 2.24. The number of benzene rings is 4. The van der Waals surface area contributed by atoms with Gasteiger partial charge >= 0.3 is 0 Å². The van der Waals surface area contributed by atoms with Crippen molar-refractivity contribution >= 4 is 10.8 Å². The van der Waals surface area contributed by atoms with Gasteiger partial charge in [0.15, 0.2) is 0 Å². The van der Waals surface area contributed by atoms with E-state index in [2.05, 4.69) is 72.8 Å². The molecule has 0 spiro atoms. The quantitative estimate of drug-likeness (QED) is 0.324. The van der Waals surface area contributed by atoms with Crippen molar-refractivity contribution in [1.82, 2.24) is 0 Å². The molecule has 0 radical (unpaired) electrons. The molecule has 0 atom stereocenters. The van der Waals surface area contributed by atoms with E-state index in [1.807, 2.05) is 0 Å². The molecule has 0 saturated heterocycles. The fraction of sp³-hybridized carbons (Fsp3) is 0.0833. The third-order valence-electron chi connectivity index (χ3n) is 5.71. The van der Waals surface area contributed by atoms with Gasteiger partial charge in [-0.25, -0.2) is 0 Å². The largest absolute Gasteiger partial charge is 0.0619 e. The number of hydrogen-bond acceptors (Lipinski definition) is 0. The van der Waals surface area contributed by atoms with Crippen LogP contribution in [-0.2, 0) is 12.8 Å². The van der Waals surface area contributed by atoms with Gasteiger partial charge in [0.2, 0.25) is 0 Å². The van der Waals surface area contributed by atoms with Gasteiger partial charge in [-0.05, 0) is 68.1 Å². The highest BCUT2D eigenvalue weighted by atomic mass is 14.3. The summed E-state index contributed by atoms with van der Waals surface area (Å²) >= 11 is 0. The van der Waals surface area contributed by atoms with Gasteiger partial charge < -0.3 is 0 Å². The van der Waals surface area contributed by atoms with Crippen LogP contribution in [-0.4, -0.2) is 0 Å². The van der Waals surface area contributed by atoms with E-state index in [9.17, 15) is 0 Å². The van der Waals surface area contributed by atoms with Crippen LogP contribution in [0, 0.1) is 0 Å². The molecule has 6 rings (SSSR count). The molecule has 24 heavy (non-hydrogen) atoms. The number of rotatable bonds is 0. The van der Waals surface area contributed by atoms with Gasteiger partial charge in [-0.3, -0.25) is 0 Å². The molecule has 0 heterocycles. The lowest BCUT2D eigenvalue weighted by atomic mass is 9.76. The molecule has 0 N–H and O–H groups in total.